The van der Waals surface area contributed by atoms with Gasteiger partial charge in [0.1, 0.15) is 5.75 Å². The summed E-state index contributed by atoms with van der Waals surface area (Å²) in [6.07, 6.45) is 0.938. The SMILES string of the molecule is CCCOc1cccc(C(=O)c2cc(C)c(Cl)cc2C)c1. The van der Waals surface area contributed by atoms with Crippen LogP contribution >= 0.6 is 11.6 Å². The van der Waals surface area contributed by atoms with Crippen LogP contribution in [0.3, 0.4) is 0 Å². The summed E-state index contributed by atoms with van der Waals surface area (Å²) in [4.78, 5) is 12.7. The van der Waals surface area contributed by atoms with Crippen LogP contribution in [0.25, 0.3) is 0 Å². The Kier molecular flexibility index (Phi) is 5.03. The van der Waals surface area contributed by atoms with E-state index in [9.17, 15) is 4.79 Å². The van der Waals surface area contributed by atoms with Gasteiger partial charge in [-0.2, -0.15) is 0 Å². The minimum Gasteiger partial charge on any atom is -0.494 e. The lowest BCUT2D eigenvalue weighted by atomic mass is 9.97. The fourth-order valence-electron chi connectivity index (χ4n) is 2.13. The average molecular weight is 303 g/mol. The molecule has 0 saturated heterocycles. The maximum atomic E-state index is 12.7. The molecule has 0 aliphatic carbocycles. The van der Waals surface area contributed by atoms with Gasteiger partial charge in [-0.1, -0.05) is 30.7 Å². The summed E-state index contributed by atoms with van der Waals surface area (Å²) in [5, 5.41) is 0.684. The van der Waals surface area contributed by atoms with Crippen LogP contribution in [0.2, 0.25) is 5.02 Å². The summed E-state index contributed by atoms with van der Waals surface area (Å²) in [6.45, 7) is 6.50. The van der Waals surface area contributed by atoms with Gasteiger partial charge in [0.05, 0.1) is 6.61 Å². The third-order valence-electron chi connectivity index (χ3n) is 3.32. The van der Waals surface area contributed by atoms with Gasteiger partial charge in [-0.15, -0.1) is 0 Å². The second-order valence-corrected chi connectivity index (χ2v) is 5.53. The maximum absolute atomic E-state index is 12.7. The van der Waals surface area contributed by atoms with E-state index in [1.54, 1.807) is 6.07 Å². The molecule has 0 aliphatic rings. The average Bonchev–Trinajstić information content (AvgIpc) is 2.48. The number of hydrogen-bond donors (Lipinski definition) is 0. The Morgan fingerprint density at radius 1 is 1.14 bits per heavy atom. The van der Waals surface area contributed by atoms with Crippen LogP contribution in [-0.2, 0) is 0 Å². The van der Waals surface area contributed by atoms with Gasteiger partial charge in [-0.05, 0) is 55.7 Å². The summed E-state index contributed by atoms with van der Waals surface area (Å²) < 4.78 is 5.58. The number of rotatable bonds is 5. The highest BCUT2D eigenvalue weighted by Gasteiger charge is 2.14. The molecule has 0 unspecified atom stereocenters. The van der Waals surface area contributed by atoms with E-state index in [4.69, 9.17) is 16.3 Å². The molecule has 3 heteroatoms. The van der Waals surface area contributed by atoms with Gasteiger partial charge in [0, 0.05) is 16.1 Å². The van der Waals surface area contributed by atoms with Gasteiger partial charge in [0.25, 0.3) is 0 Å². The summed E-state index contributed by atoms with van der Waals surface area (Å²) >= 11 is 6.09. The highest BCUT2D eigenvalue weighted by atomic mass is 35.5. The van der Waals surface area contributed by atoms with E-state index in [1.807, 2.05) is 44.2 Å². The number of carbonyl (C=O) groups excluding carboxylic acids is 1. The summed E-state index contributed by atoms with van der Waals surface area (Å²) in [5.74, 6) is 0.722. The molecule has 0 spiro atoms. The van der Waals surface area contributed by atoms with Crippen molar-refractivity contribution in [1.82, 2.24) is 0 Å². The van der Waals surface area contributed by atoms with E-state index in [0.29, 0.717) is 22.8 Å². The van der Waals surface area contributed by atoms with Crippen molar-refractivity contribution in [2.45, 2.75) is 27.2 Å². The number of ketones is 1. The van der Waals surface area contributed by atoms with Crippen LogP contribution in [0.4, 0.5) is 0 Å². The predicted octanol–water partition coefficient (Wildman–Crippen LogP) is 4.98. The van der Waals surface area contributed by atoms with Crippen molar-refractivity contribution >= 4 is 17.4 Å². The molecule has 0 N–H and O–H groups in total. The van der Waals surface area contributed by atoms with Crippen molar-refractivity contribution in [3.63, 3.8) is 0 Å². The minimum atomic E-state index is -0.00536. The molecule has 2 nitrogen and oxygen atoms in total. The topological polar surface area (TPSA) is 26.3 Å². The largest absolute Gasteiger partial charge is 0.494 e. The lowest BCUT2D eigenvalue weighted by molar-refractivity contribution is 0.103. The highest BCUT2D eigenvalue weighted by molar-refractivity contribution is 6.31. The normalized spacial score (nSPS) is 10.5. The lowest BCUT2D eigenvalue weighted by Gasteiger charge is -2.10. The first-order valence-corrected chi connectivity index (χ1v) is 7.45. The monoisotopic (exact) mass is 302 g/mol. The quantitative estimate of drug-likeness (QED) is 0.728. The van der Waals surface area contributed by atoms with Crippen molar-refractivity contribution in [2.75, 3.05) is 6.61 Å². The molecule has 0 aromatic heterocycles. The molecular weight excluding hydrogens is 284 g/mol. The zero-order chi connectivity index (χ0) is 15.4. The Morgan fingerprint density at radius 2 is 1.90 bits per heavy atom. The number of aryl methyl sites for hydroxylation is 2. The van der Waals surface area contributed by atoms with Gasteiger partial charge in [0.15, 0.2) is 5.78 Å². The van der Waals surface area contributed by atoms with Crippen LogP contribution in [0.5, 0.6) is 5.75 Å². The molecule has 0 atom stereocenters. The molecule has 2 rings (SSSR count). The molecule has 110 valence electrons. The standard InChI is InChI=1S/C18H19ClO2/c1-4-8-21-15-7-5-6-14(11-15)18(20)16-9-13(3)17(19)10-12(16)2/h5-7,9-11H,4,8H2,1-3H3. The first kappa shape index (κ1) is 15.6. The molecule has 0 aliphatic heterocycles. The van der Waals surface area contributed by atoms with Crippen LogP contribution in [0.15, 0.2) is 36.4 Å². The van der Waals surface area contributed by atoms with Crippen LogP contribution < -0.4 is 4.74 Å². The molecule has 0 amide bonds. The first-order valence-electron chi connectivity index (χ1n) is 7.07. The molecule has 0 heterocycles. The van der Waals surface area contributed by atoms with Crippen LogP contribution in [0.1, 0.15) is 40.4 Å². The van der Waals surface area contributed by atoms with Gasteiger partial charge in [-0.25, -0.2) is 0 Å². The van der Waals surface area contributed by atoms with Crippen LogP contribution in [-0.4, -0.2) is 12.4 Å². The number of carbonyl (C=O) groups is 1. The Hall–Kier alpha value is -1.80. The van der Waals surface area contributed by atoms with Crippen molar-refractivity contribution in [3.05, 3.63) is 63.7 Å². The van der Waals surface area contributed by atoms with Gasteiger partial charge < -0.3 is 4.74 Å². The third kappa shape index (κ3) is 3.64. The number of benzene rings is 2. The smallest absolute Gasteiger partial charge is 0.193 e. The van der Waals surface area contributed by atoms with Crippen molar-refractivity contribution in [1.29, 1.82) is 0 Å². The molecule has 0 radical (unpaired) electrons. The highest BCUT2D eigenvalue weighted by Crippen LogP contribution is 2.24. The van der Waals surface area contributed by atoms with E-state index in [-0.39, 0.29) is 5.78 Å². The molecular formula is C18H19ClO2. The van der Waals surface area contributed by atoms with Gasteiger partial charge >= 0.3 is 0 Å². The second-order valence-electron chi connectivity index (χ2n) is 5.12. The number of ether oxygens (including phenoxy) is 1. The van der Waals surface area contributed by atoms with E-state index < -0.39 is 0 Å². The zero-order valence-corrected chi connectivity index (χ0v) is 13.3. The van der Waals surface area contributed by atoms with E-state index in [0.717, 1.165) is 23.3 Å². The number of halogens is 1. The molecule has 2 aromatic carbocycles. The van der Waals surface area contributed by atoms with Gasteiger partial charge in [0.2, 0.25) is 0 Å². The molecule has 21 heavy (non-hydrogen) atoms. The maximum Gasteiger partial charge on any atom is 0.193 e. The molecule has 2 aromatic rings. The summed E-state index contributed by atoms with van der Waals surface area (Å²) in [7, 11) is 0. The van der Waals surface area contributed by atoms with Crippen molar-refractivity contribution in [3.8, 4) is 5.75 Å². The van der Waals surface area contributed by atoms with Crippen molar-refractivity contribution in [2.24, 2.45) is 0 Å². The summed E-state index contributed by atoms with van der Waals surface area (Å²) in [5.41, 5.74) is 3.11. The Bertz CT molecular complexity index is 662. The van der Waals surface area contributed by atoms with Crippen LogP contribution in [0, 0.1) is 13.8 Å². The first-order chi connectivity index (χ1) is 10.0. The molecule has 0 fully saturated rings. The lowest BCUT2D eigenvalue weighted by Crippen LogP contribution is -2.05. The third-order valence-corrected chi connectivity index (χ3v) is 3.73. The fourth-order valence-corrected chi connectivity index (χ4v) is 2.35. The fraction of sp³-hybridized carbons (Fsp3) is 0.278. The van der Waals surface area contributed by atoms with Crippen molar-refractivity contribution < 1.29 is 9.53 Å². The van der Waals surface area contributed by atoms with E-state index >= 15 is 0 Å². The Balaban J connectivity index is 2.34. The minimum absolute atomic E-state index is 0.00536. The molecule has 0 bridgehead atoms. The molecule has 0 saturated carbocycles. The zero-order valence-electron chi connectivity index (χ0n) is 12.6. The second kappa shape index (κ2) is 6.77. The summed E-state index contributed by atoms with van der Waals surface area (Å²) in [6, 6.07) is 11.0. The van der Waals surface area contributed by atoms with E-state index in [2.05, 4.69) is 6.92 Å². The van der Waals surface area contributed by atoms with E-state index in [1.165, 1.54) is 0 Å². The van der Waals surface area contributed by atoms with Gasteiger partial charge in [-0.3, -0.25) is 4.79 Å². The number of hydrogen-bond acceptors (Lipinski definition) is 2. The Labute approximate surface area is 130 Å². The predicted molar refractivity (Wildman–Crippen MR) is 86.6 cm³/mol. The Morgan fingerprint density at radius 3 is 2.62 bits per heavy atom.